The smallest absolute Gasteiger partial charge is 0.138 e. The number of imidazole rings is 1. The monoisotopic (exact) mass is 434 g/mol. The normalized spacial score (nSPS) is 11.3. The minimum absolute atomic E-state index is 0.234. The summed E-state index contributed by atoms with van der Waals surface area (Å²) in [6.45, 7) is 1.93. The Kier molecular flexibility index (Phi) is 4.12. The molecular weight excluding hydrogens is 425 g/mol. The molecule has 2 nitrogen and oxygen atoms in total. The number of aryl methyl sites for hydroxylation is 1. The van der Waals surface area contributed by atoms with E-state index in [1.165, 1.54) is 6.07 Å². The zero-order chi connectivity index (χ0) is 15.1. The summed E-state index contributed by atoms with van der Waals surface area (Å²) < 4.78 is 16.3. The van der Waals surface area contributed by atoms with E-state index in [-0.39, 0.29) is 11.7 Å². The molecule has 0 amide bonds. The van der Waals surface area contributed by atoms with Crippen molar-refractivity contribution >= 4 is 56.8 Å². The van der Waals surface area contributed by atoms with Crippen LogP contribution in [0.5, 0.6) is 0 Å². The van der Waals surface area contributed by atoms with Gasteiger partial charge in [-0.15, -0.1) is 11.6 Å². The molecule has 0 atom stereocenters. The minimum Gasteiger partial charge on any atom is -0.295 e. The topological polar surface area (TPSA) is 17.8 Å². The number of aromatic nitrogens is 2. The Morgan fingerprint density at radius 2 is 2.05 bits per heavy atom. The fourth-order valence-corrected chi connectivity index (χ4v) is 3.03. The molecule has 0 unspecified atom stereocenters. The first-order valence-electron chi connectivity index (χ1n) is 6.20. The fourth-order valence-electron chi connectivity index (χ4n) is 2.22. The number of alkyl halides is 1. The van der Waals surface area contributed by atoms with Gasteiger partial charge in [-0.3, -0.25) is 4.57 Å². The van der Waals surface area contributed by atoms with Crippen molar-refractivity contribution in [2.24, 2.45) is 0 Å². The molecule has 0 bridgehead atoms. The molecule has 0 saturated carbocycles. The van der Waals surface area contributed by atoms with Gasteiger partial charge in [0.1, 0.15) is 11.6 Å². The van der Waals surface area contributed by atoms with Gasteiger partial charge in [0.25, 0.3) is 0 Å². The average Bonchev–Trinajstić information content (AvgIpc) is 2.80. The predicted octanol–water partition coefficient (Wildman–Crippen LogP) is 5.47. The van der Waals surface area contributed by atoms with E-state index in [4.69, 9.17) is 23.2 Å². The molecule has 1 heterocycles. The molecule has 0 spiro atoms. The summed E-state index contributed by atoms with van der Waals surface area (Å²) in [6.07, 6.45) is 0. The number of benzene rings is 2. The van der Waals surface area contributed by atoms with E-state index in [1.54, 1.807) is 6.07 Å². The summed E-state index contributed by atoms with van der Waals surface area (Å²) in [5.41, 5.74) is 3.21. The lowest BCUT2D eigenvalue weighted by molar-refractivity contribution is 0.622. The third kappa shape index (κ3) is 2.64. The Hall–Kier alpha value is -0.850. The number of halogens is 4. The number of hydrogen-bond donors (Lipinski definition) is 0. The van der Waals surface area contributed by atoms with Gasteiger partial charge in [-0.05, 0) is 53.3 Å². The molecule has 0 aliphatic rings. The summed E-state index contributed by atoms with van der Waals surface area (Å²) in [5, 5.41) is 0.654. The van der Waals surface area contributed by atoms with Crippen LogP contribution in [-0.2, 0) is 5.88 Å². The maximum Gasteiger partial charge on any atom is 0.138 e. The van der Waals surface area contributed by atoms with Crippen molar-refractivity contribution in [2.45, 2.75) is 12.8 Å². The molecule has 3 rings (SSSR count). The number of hydrogen-bond acceptors (Lipinski definition) is 1. The fraction of sp³-hybridized carbons (Fsp3) is 0.133. The van der Waals surface area contributed by atoms with Gasteiger partial charge in [0.15, 0.2) is 0 Å². The molecular formula is C15H10Cl2FIN2. The van der Waals surface area contributed by atoms with Gasteiger partial charge in [-0.1, -0.05) is 17.7 Å². The van der Waals surface area contributed by atoms with Gasteiger partial charge >= 0.3 is 0 Å². The molecule has 0 aliphatic carbocycles. The zero-order valence-corrected chi connectivity index (χ0v) is 14.7. The van der Waals surface area contributed by atoms with Crippen LogP contribution in [0.25, 0.3) is 16.7 Å². The van der Waals surface area contributed by atoms with Crippen molar-refractivity contribution < 1.29 is 4.39 Å². The molecule has 21 heavy (non-hydrogen) atoms. The second kappa shape index (κ2) is 5.74. The van der Waals surface area contributed by atoms with Crippen molar-refractivity contribution in [2.75, 3.05) is 0 Å². The summed E-state index contributed by atoms with van der Waals surface area (Å²) in [6, 6.07) is 8.88. The lowest BCUT2D eigenvalue weighted by atomic mass is 10.2. The molecule has 0 N–H and O–H groups in total. The van der Waals surface area contributed by atoms with E-state index < -0.39 is 0 Å². The van der Waals surface area contributed by atoms with Gasteiger partial charge in [-0.2, -0.15) is 0 Å². The Labute approximate surface area is 145 Å². The number of rotatable bonds is 2. The van der Waals surface area contributed by atoms with Crippen LogP contribution in [0.2, 0.25) is 5.02 Å². The van der Waals surface area contributed by atoms with Gasteiger partial charge in [0.2, 0.25) is 0 Å². The van der Waals surface area contributed by atoms with Crippen LogP contribution in [0.15, 0.2) is 30.3 Å². The third-order valence-electron chi connectivity index (χ3n) is 3.30. The summed E-state index contributed by atoms with van der Waals surface area (Å²) in [7, 11) is 0. The van der Waals surface area contributed by atoms with E-state index in [2.05, 4.69) is 4.98 Å². The lowest BCUT2D eigenvalue weighted by Crippen LogP contribution is -2.00. The first-order chi connectivity index (χ1) is 10.0. The molecule has 2 aromatic carbocycles. The molecule has 3 aromatic rings. The van der Waals surface area contributed by atoms with Crippen molar-refractivity contribution in [1.29, 1.82) is 0 Å². The lowest BCUT2D eigenvalue weighted by Gasteiger charge is -2.09. The minimum atomic E-state index is -0.274. The van der Waals surface area contributed by atoms with E-state index in [9.17, 15) is 4.39 Å². The number of nitrogens with zero attached hydrogens (tertiary/aromatic N) is 2. The molecule has 1 aromatic heterocycles. The molecule has 108 valence electrons. The van der Waals surface area contributed by atoms with Crippen LogP contribution in [-0.4, -0.2) is 9.55 Å². The van der Waals surface area contributed by atoms with E-state index >= 15 is 0 Å². The van der Waals surface area contributed by atoms with Crippen LogP contribution in [0, 0.1) is 16.3 Å². The van der Waals surface area contributed by atoms with Crippen LogP contribution >= 0.6 is 45.8 Å². The highest BCUT2D eigenvalue weighted by molar-refractivity contribution is 14.1. The van der Waals surface area contributed by atoms with E-state index in [0.29, 0.717) is 25.5 Å². The highest BCUT2D eigenvalue weighted by Gasteiger charge is 2.15. The molecule has 0 radical (unpaired) electrons. The van der Waals surface area contributed by atoms with Crippen molar-refractivity contribution in [3.63, 3.8) is 0 Å². The molecule has 0 saturated heterocycles. The van der Waals surface area contributed by atoms with Crippen molar-refractivity contribution in [3.05, 3.63) is 56.1 Å². The largest absolute Gasteiger partial charge is 0.295 e. The second-order valence-electron chi connectivity index (χ2n) is 4.69. The average molecular weight is 435 g/mol. The third-order valence-corrected chi connectivity index (χ3v) is 4.77. The standard InChI is InChI=1S/C15H10Cl2FIN2/c1-8-2-3-9(4-10(8)17)21-14-5-11(18)12(19)6-13(14)20-15(21)7-16/h2-6H,7H2,1H3. The van der Waals surface area contributed by atoms with Crippen LogP contribution in [0.1, 0.15) is 11.4 Å². The van der Waals surface area contributed by atoms with E-state index in [1.807, 2.05) is 52.3 Å². The SMILES string of the molecule is Cc1ccc(-n2c(CCl)nc3cc(I)c(F)cc32)cc1Cl. The second-order valence-corrected chi connectivity index (χ2v) is 6.52. The maximum absolute atomic E-state index is 13.9. The van der Waals surface area contributed by atoms with Crippen LogP contribution in [0.4, 0.5) is 4.39 Å². The first kappa shape index (κ1) is 15.1. The highest BCUT2D eigenvalue weighted by atomic mass is 127. The van der Waals surface area contributed by atoms with Gasteiger partial charge < -0.3 is 0 Å². The van der Waals surface area contributed by atoms with Crippen LogP contribution < -0.4 is 0 Å². The highest BCUT2D eigenvalue weighted by Crippen LogP contribution is 2.28. The molecule has 0 fully saturated rings. The zero-order valence-electron chi connectivity index (χ0n) is 11.0. The summed E-state index contributed by atoms with van der Waals surface area (Å²) in [5.74, 6) is 0.620. The Morgan fingerprint density at radius 1 is 1.29 bits per heavy atom. The maximum atomic E-state index is 13.9. The first-order valence-corrected chi connectivity index (χ1v) is 8.19. The van der Waals surface area contributed by atoms with Gasteiger partial charge in [-0.25, -0.2) is 9.37 Å². The summed E-state index contributed by atoms with van der Waals surface area (Å²) >= 11 is 14.1. The summed E-state index contributed by atoms with van der Waals surface area (Å²) in [4.78, 5) is 4.48. The van der Waals surface area contributed by atoms with Gasteiger partial charge in [0, 0.05) is 16.8 Å². The Morgan fingerprint density at radius 3 is 2.71 bits per heavy atom. The molecule has 6 heteroatoms. The van der Waals surface area contributed by atoms with Crippen LogP contribution in [0.3, 0.4) is 0 Å². The Bertz CT molecular complexity index is 845. The van der Waals surface area contributed by atoms with Crippen molar-refractivity contribution in [3.8, 4) is 5.69 Å². The molecule has 0 aliphatic heterocycles. The number of fused-ring (bicyclic) bond motifs is 1. The quantitative estimate of drug-likeness (QED) is 0.386. The van der Waals surface area contributed by atoms with Crippen molar-refractivity contribution in [1.82, 2.24) is 9.55 Å². The predicted molar refractivity (Wildman–Crippen MR) is 93.0 cm³/mol. The van der Waals surface area contributed by atoms with E-state index in [0.717, 1.165) is 11.3 Å². The van der Waals surface area contributed by atoms with Gasteiger partial charge in [0.05, 0.1) is 20.5 Å². The Balaban J connectivity index is 2.34.